The van der Waals surface area contributed by atoms with Crippen LogP contribution in [0.2, 0.25) is 0 Å². The summed E-state index contributed by atoms with van der Waals surface area (Å²) < 4.78 is 1.53. The molecule has 1 aromatic carbocycles. The van der Waals surface area contributed by atoms with Crippen LogP contribution in [0.5, 0.6) is 0 Å². The SMILES string of the molecule is CC(SC1=Nc2ccccc2[N+]2=NOC(O)C12)C(=O)O. The zero-order valence-electron chi connectivity index (χ0n) is 10.5. The first-order valence-electron chi connectivity index (χ1n) is 5.99. The van der Waals surface area contributed by atoms with Crippen molar-refractivity contribution in [2.24, 2.45) is 10.3 Å². The number of fused-ring (bicyclic) bond motifs is 3. The summed E-state index contributed by atoms with van der Waals surface area (Å²) in [5.74, 6) is -0.937. The lowest BCUT2D eigenvalue weighted by molar-refractivity contribution is -0.529. The van der Waals surface area contributed by atoms with Gasteiger partial charge in [0.1, 0.15) is 10.9 Å². The molecule has 8 heteroatoms. The molecule has 0 amide bonds. The van der Waals surface area contributed by atoms with E-state index in [0.717, 1.165) is 17.4 Å². The van der Waals surface area contributed by atoms with Gasteiger partial charge in [0.2, 0.25) is 0 Å². The topological polar surface area (TPSA) is 94.5 Å². The number of thioether (sulfide) groups is 1. The number of hydrogen-bond donors (Lipinski definition) is 2. The van der Waals surface area contributed by atoms with Crippen LogP contribution < -0.4 is 0 Å². The first kappa shape index (κ1) is 13.1. The van der Waals surface area contributed by atoms with E-state index in [1.54, 1.807) is 13.0 Å². The van der Waals surface area contributed by atoms with E-state index in [1.807, 2.05) is 18.2 Å². The third-order valence-electron chi connectivity index (χ3n) is 3.03. The van der Waals surface area contributed by atoms with Crippen molar-refractivity contribution in [3.05, 3.63) is 24.3 Å². The molecule has 7 nitrogen and oxygen atoms in total. The Kier molecular flexibility index (Phi) is 3.19. The summed E-state index contributed by atoms with van der Waals surface area (Å²) in [4.78, 5) is 20.3. The summed E-state index contributed by atoms with van der Waals surface area (Å²) in [7, 11) is 0. The predicted molar refractivity (Wildman–Crippen MR) is 71.5 cm³/mol. The maximum atomic E-state index is 11.0. The second-order valence-electron chi connectivity index (χ2n) is 4.40. The lowest BCUT2D eigenvalue weighted by Gasteiger charge is -2.17. The fraction of sp³-hybridized carbons (Fsp3) is 0.333. The number of para-hydroxylation sites is 2. The quantitative estimate of drug-likeness (QED) is 0.809. The van der Waals surface area contributed by atoms with Crippen molar-refractivity contribution >= 4 is 34.1 Å². The molecule has 104 valence electrons. The maximum Gasteiger partial charge on any atom is 0.316 e. The van der Waals surface area contributed by atoms with E-state index in [1.165, 1.54) is 4.70 Å². The number of carboxylic acids is 1. The number of aliphatic carboxylic acids is 1. The molecule has 1 aromatic rings. The second kappa shape index (κ2) is 4.88. The van der Waals surface area contributed by atoms with E-state index >= 15 is 0 Å². The summed E-state index contributed by atoms with van der Waals surface area (Å²) in [6.07, 6.45) is -1.16. The number of aliphatic hydroxyl groups is 1. The summed E-state index contributed by atoms with van der Waals surface area (Å²) >= 11 is 1.08. The Bertz CT molecular complexity index is 631. The van der Waals surface area contributed by atoms with Gasteiger partial charge in [-0.05, 0) is 17.7 Å². The Morgan fingerprint density at radius 3 is 3.00 bits per heavy atom. The molecule has 2 heterocycles. The minimum Gasteiger partial charge on any atom is -0.480 e. The lowest BCUT2D eigenvalue weighted by Crippen LogP contribution is -2.38. The molecule has 0 spiro atoms. The van der Waals surface area contributed by atoms with Gasteiger partial charge in [0.25, 0.3) is 11.7 Å². The second-order valence-corrected chi connectivity index (χ2v) is 5.77. The number of nitrogens with zero attached hydrogens (tertiary/aromatic N) is 3. The Morgan fingerprint density at radius 2 is 2.25 bits per heavy atom. The van der Waals surface area contributed by atoms with E-state index in [0.29, 0.717) is 10.7 Å². The van der Waals surface area contributed by atoms with Gasteiger partial charge in [-0.2, -0.15) is 0 Å². The van der Waals surface area contributed by atoms with Crippen LogP contribution in [0.4, 0.5) is 11.4 Å². The zero-order chi connectivity index (χ0) is 14.3. The van der Waals surface area contributed by atoms with Crippen molar-refractivity contribution in [1.82, 2.24) is 0 Å². The minimum absolute atomic E-state index is 0.479. The highest BCUT2D eigenvalue weighted by Crippen LogP contribution is 2.39. The van der Waals surface area contributed by atoms with Crippen LogP contribution in [-0.4, -0.2) is 43.5 Å². The van der Waals surface area contributed by atoms with Crippen LogP contribution in [0, 0.1) is 0 Å². The molecule has 3 atom stereocenters. The highest BCUT2D eigenvalue weighted by Gasteiger charge is 2.50. The molecule has 2 N–H and O–H groups in total. The fourth-order valence-electron chi connectivity index (χ4n) is 2.01. The smallest absolute Gasteiger partial charge is 0.316 e. The molecule has 2 aliphatic rings. The van der Waals surface area contributed by atoms with Gasteiger partial charge in [0, 0.05) is 6.07 Å². The van der Waals surface area contributed by atoms with Crippen molar-refractivity contribution < 1.29 is 24.5 Å². The number of carboxylic acid groups (broad SMARTS) is 1. The van der Waals surface area contributed by atoms with Crippen molar-refractivity contribution in [2.75, 3.05) is 0 Å². The Morgan fingerprint density at radius 1 is 1.50 bits per heavy atom. The Balaban J connectivity index is 2.03. The molecular formula is C12H12N3O4S+. The van der Waals surface area contributed by atoms with Gasteiger partial charge < -0.3 is 15.1 Å². The minimum atomic E-state index is -1.16. The molecule has 0 aromatic heterocycles. The highest BCUT2D eigenvalue weighted by atomic mass is 32.2. The number of carbonyl (C=O) groups is 1. The Hall–Kier alpha value is -1.93. The highest BCUT2D eigenvalue weighted by molar-refractivity contribution is 8.15. The predicted octanol–water partition coefficient (Wildman–Crippen LogP) is 1.66. The van der Waals surface area contributed by atoms with Crippen LogP contribution in [0.15, 0.2) is 34.5 Å². The van der Waals surface area contributed by atoms with Gasteiger partial charge in [-0.15, -0.1) is 0 Å². The summed E-state index contributed by atoms with van der Waals surface area (Å²) in [5.41, 5.74) is 1.40. The summed E-state index contributed by atoms with van der Waals surface area (Å²) in [6, 6.07) is 6.69. The molecule has 20 heavy (non-hydrogen) atoms. The average Bonchev–Trinajstić information content (AvgIpc) is 2.81. The molecule has 0 fully saturated rings. The van der Waals surface area contributed by atoms with Crippen LogP contribution in [0.1, 0.15) is 6.92 Å². The molecule has 3 rings (SSSR count). The number of rotatable bonds is 2. The van der Waals surface area contributed by atoms with Gasteiger partial charge in [0.05, 0.1) is 0 Å². The van der Waals surface area contributed by atoms with E-state index in [-0.39, 0.29) is 0 Å². The molecule has 2 aliphatic heterocycles. The van der Waals surface area contributed by atoms with E-state index in [2.05, 4.69) is 10.3 Å². The van der Waals surface area contributed by atoms with E-state index in [4.69, 9.17) is 9.94 Å². The van der Waals surface area contributed by atoms with E-state index < -0.39 is 23.6 Å². The number of benzene rings is 1. The first-order chi connectivity index (χ1) is 9.58. The molecule has 3 unspecified atom stereocenters. The number of aliphatic imine (C=N–C) groups is 1. The van der Waals surface area contributed by atoms with Crippen molar-refractivity contribution in [3.8, 4) is 0 Å². The summed E-state index contributed by atoms with van der Waals surface area (Å²) in [5, 5.41) is 22.5. The molecule has 0 saturated carbocycles. The van der Waals surface area contributed by atoms with Crippen molar-refractivity contribution in [3.63, 3.8) is 0 Å². The third-order valence-corrected chi connectivity index (χ3v) is 4.16. The zero-order valence-corrected chi connectivity index (χ0v) is 11.3. The average molecular weight is 294 g/mol. The van der Waals surface area contributed by atoms with Gasteiger partial charge in [0.15, 0.2) is 10.3 Å². The lowest BCUT2D eigenvalue weighted by atomic mass is 10.2. The normalized spacial score (nSPS) is 24.9. The van der Waals surface area contributed by atoms with Gasteiger partial charge in [-0.3, -0.25) is 4.79 Å². The van der Waals surface area contributed by atoms with Crippen molar-refractivity contribution in [2.45, 2.75) is 24.5 Å². The van der Waals surface area contributed by atoms with Crippen LogP contribution in [0.25, 0.3) is 0 Å². The number of aliphatic hydroxyl groups excluding tert-OH is 1. The summed E-state index contributed by atoms with van der Waals surface area (Å²) in [6.45, 7) is 1.57. The monoisotopic (exact) mass is 294 g/mol. The maximum absolute atomic E-state index is 11.0. The van der Waals surface area contributed by atoms with Crippen LogP contribution >= 0.6 is 11.8 Å². The van der Waals surface area contributed by atoms with Crippen LogP contribution in [-0.2, 0) is 9.63 Å². The van der Waals surface area contributed by atoms with Gasteiger partial charge in [-0.25, -0.2) is 4.99 Å². The number of hydrogen-bond acceptors (Lipinski definition) is 6. The van der Waals surface area contributed by atoms with Gasteiger partial charge >= 0.3 is 12.3 Å². The largest absolute Gasteiger partial charge is 0.480 e. The molecule has 0 aliphatic carbocycles. The molecule has 0 radical (unpaired) electrons. The first-order valence-corrected chi connectivity index (χ1v) is 6.87. The molecule has 0 bridgehead atoms. The Labute approximate surface area is 118 Å². The standard InChI is InChI=1S/C12H11N3O4S/c1-6(11(16)17)20-10-9-12(18)19-14-15(9)8-5-3-2-4-7(8)13-10/h2-6,9,12,18H,1H3/p+1. The third kappa shape index (κ3) is 2.06. The van der Waals surface area contributed by atoms with Crippen LogP contribution in [0.3, 0.4) is 0 Å². The molecular weight excluding hydrogens is 282 g/mol. The molecule has 0 saturated heterocycles. The van der Waals surface area contributed by atoms with E-state index in [9.17, 15) is 9.90 Å². The van der Waals surface area contributed by atoms with Gasteiger partial charge in [-0.1, -0.05) is 23.9 Å². The fourth-order valence-corrected chi connectivity index (χ4v) is 2.98. The van der Waals surface area contributed by atoms with Crippen molar-refractivity contribution in [1.29, 1.82) is 0 Å².